The van der Waals surface area contributed by atoms with Gasteiger partial charge in [0.2, 0.25) is 0 Å². The number of hydrogen-bond acceptors (Lipinski definition) is 6. The molecule has 0 aromatic heterocycles. The lowest BCUT2D eigenvalue weighted by Gasteiger charge is -2.10. The minimum absolute atomic E-state index is 0.175. The van der Waals surface area contributed by atoms with Crippen LogP contribution in [-0.2, 0) is 19.1 Å². The summed E-state index contributed by atoms with van der Waals surface area (Å²) in [7, 11) is 1.23. The lowest BCUT2D eigenvalue weighted by Crippen LogP contribution is -2.24. The van der Waals surface area contributed by atoms with Gasteiger partial charge in [-0.05, 0) is 36.4 Å². The van der Waals surface area contributed by atoms with Crippen LogP contribution in [0.25, 0.3) is 0 Å². The standard InChI is InChI=1S/C18H16FNO6/c1-24-18(23)14-4-2-3-5-15(14)20-16(21)10-26-17(22)11-25-13-8-6-12(19)7-9-13/h2-9H,10-11H2,1H3,(H,20,21). The molecule has 1 N–H and O–H groups in total. The monoisotopic (exact) mass is 361 g/mol. The normalized spacial score (nSPS) is 9.92. The molecule has 2 aromatic carbocycles. The molecule has 0 aliphatic heterocycles. The van der Waals surface area contributed by atoms with Gasteiger partial charge < -0.3 is 19.5 Å². The van der Waals surface area contributed by atoms with Crippen molar-refractivity contribution in [1.29, 1.82) is 0 Å². The van der Waals surface area contributed by atoms with Crippen molar-refractivity contribution in [3.63, 3.8) is 0 Å². The predicted octanol–water partition coefficient (Wildman–Crippen LogP) is 2.17. The maximum absolute atomic E-state index is 12.8. The molecule has 0 saturated carbocycles. The van der Waals surface area contributed by atoms with E-state index in [9.17, 15) is 18.8 Å². The Labute approximate surface area is 148 Å². The van der Waals surface area contributed by atoms with Crippen LogP contribution in [0, 0.1) is 5.82 Å². The largest absolute Gasteiger partial charge is 0.482 e. The minimum Gasteiger partial charge on any atom is -0.482 e. The number of halogens is 1. The van der Waals surface area contributed by atoms with Crippen molar-refractivity contribution in [2.24, 2.45) is 0 Å². The lowest BCUT2D eigenvalue weighted by molar-refractivity contribution is -0.149. The number of rotatable bonds is 7. The second kappa shape index (κ2) is 9.16. The Morgan fingerprint density at radius 1 is 1.00 bits per heavy atom. The van der Waals surface area contributed by atoms with Crippen LogP contribution in [0.1, 0.15) is 10.4 Å². The third kappa shape index (κ3) is 5.59. The van der Waals surface area contributed by atoms with E-state index in [4.69, 9.17) is 9.47 Å². The van der Waals surface area contributed by atoms with Crippen molar-refractivity contribution >= 4 is 23.5 Å². The van der Waals surface area contributed by atoms with Gasteiger partial charge in [-0.2, -0.15) is 0 Å². The first-order chi connectivity index (χ1) is 12.5. The Morgan fingerprint density at radius 2 is 1.69 bits per heavy atom. The minimum atomic E-state index is -0.772. The lowest BCUT2D eigenvalue weighted by atomic mass is 10.2. The average molecular weight is 361 g/mol. The van der Waals surface area contributed by atoms with Gasteiger partial charge in [0.05, 0.1) is 18.4 Å². The molecule has 0 radical (unpaired) electrons. The summed E-state index contributed by atoms with van der Waals surface area (Å²) in [5.74, 6) is -2.14. The number of hydrogen-bond donors (Lipinski definition) is 1. The third-order valence-corrected chi connectivity index (χ3v) is 3.14. The zero-order valence-corrected chi connectivity index (χ0v) is 13.9. The predicted molar refractivity (Wildman–Crippen MR) is 89.3 cm³/mol. The van der Waals surface area contributed by atoms with Crippen molar-refractivity contribution in [2.45, 2.75) is 0 Å². The van der Waals surface area contributed by atoms with Crippen molar-refractivity contribution < 1.29 is 33.0 Å². The number of amides is 1. The van der Waals surface area contributed by atoms with E-state index in [1.165, 1.54) is 43.5 Å². The molecule has 0 saturated heterocycles. The molecule has 8 heteroatoms. The number of nitrogens with one attached hydrogen (secondary N) is 1. The quantitative estimate of drug-likeness (QED) is 0.760. The van der Waals surface area contributed by atoms with E-state index < -0.39 is 36.9 Å². The number of para-hydroxylation sites is 1. The molecule has 0 heterocycles. The average Bonchev–Trinajstić information content (AvgIpc) is 2.65. The number of carbonyl (C=O) groups is 3. The molecule has 0 bridgehead atoms. The maximum Gasteiger partial charge on any atom is 0.344 e. The van der Waals surface area contributed by atoms with E-state index in [2.05, 4.69) is 10.1 Å². The SMILES string of the molecule is COC(=O)c1ccccc1NC(=O)COC(=O)COc1ccc(F)cc1. The molecule has 0 atom stereocenters. The van der Waals surface area contributed by atoms with E-state index in [0.717, 1.165) is 0 Å². The summed E-state index contributed by atoms with van der Waals surface area (Å²) in [6, 6.07) is 11.4. The van der Waals surface area contributed by atoms with E-state index in [0.29, 0.717) is 5.75 Å². The molecule has 0 spiro atoms. The van der Waals surface area contributed by atoms with Gasteiger partial charge in [0, 0.05) is 0 Å². The highest BCUT2D eigenvalue weighted by Crippen LogP contribution is 2.16. The number of methoxy groups -OCH3 is 1. The maximum atomic E-state index is 12.8. The van der Waals surface area contributed by atoms with Gasteiger partial charge in [0.25, 0.3) is 5.91 Å². The topological polar surface area (TPSA) is 90.9 Å². The van der Waals surface area contributed by atoms with Crippen LogP contribution < -0.4 is 10.1 Å². The fourth-order valence-corrected chi connectivity index (χ4v) is 1.93. The van der Waals surface area contributed by atoms with Gasteiger partial charge in [0.15, 0.2) is 13.2 Å². The van der Waals surface area contributed by atoms with Crippen LogP contribution in [-0.4, -0.2) is 38.2 Å². The first kappa shape index (κ1) is 18.9. The van der Waals surface area contributed by atoms with Crippen molar-refractivity contribution in [1.82, 2.24) is 0 Å². The first-order valence-electron chi connectivity index (χ1n) is 7.51. The van der Waals surface area contributed by atoms with Crippen LogP contribution in [0.15, 0.2) is 48.5 Å². The molecule has 26 heavy (non-hydrogen) atoms. The molecule has 0 unspecified atom stereocenters. The fourth-order valence-electron chi connectivity index (χ4n) is 1.93. The van der Waals surface area contributed by atoms with Crippen molar-refractivity contribution in [3.05, 3.63) is 59.9 Å². The van der Waals surface area contributed by atoms with Gasteiger partial charge >= 0.3 is 11.9 Å². The van der Waals surface area contributed by atoms with Crippen LogP contribution in [0.5, 0.6) is 5.75 Å². The van der Waals surface area contributed by atoms with Crippen LogP contribution in [0.2, 0.25) is 0 Å². The van der Waals surface area contributed by atoms with Crippen molar-refractivity contribution in [2.75, 3.05) is 25.6 Å². The number of benzene rings is 2. The van der Waals surface area contributed by atoms with E-state index >= 15 is 0 Å². The second-order valence-electron chi connectivity index (χ2n) is 4.99. The fraction of sp³-hybridized carbons (Fsp3) is 0.167. The summed E-state index contributed by atoms with van der Waals surface area (Å²) in [5.41, 5.74) is 0.414. The Hall–Kier alpha value is -3.42. The van der Waals surface area contributed by atoms with E-state index in [-0.39, 0.29) is 11.3 Å². The Bertz CT molecular complexity index is 791. The zero-order valence-electron chi connectivity index (χ0n) is 13.9. The molecular formula is C18H16FNO6. The van der Waals surface area contributed by atoms with Gasteiger partial charge in [-0.1, -0.05) is 12.1 Å². The van der Waals surface area contributed by atoms with Crippen LogP contribution in [0.3, 0.4) is 0 Å². The molecule has 7 nitrogen and oxygen atoms in total. The van der Waals surface area contributed by atoms with Gasteiger partial charge in [-0.25, -0.2) is 14.0 Å². The van der Waals surface area contributed by atoms with E-state index in [1.807, 2.05) is 0 Å². The van der Waals surface area contributed by atoms with Gasteiger partial charge in [-0.3, -0.25) is 4.79 Å². The summed E-state index contributed by atoms with van der Waals surface area (Å²) >= 11 is 0. The van der Waals surface area contributed by atoms with E-state index in [1.54, 1.807) is 12.1 Å². The Balaban J connectivity index is 1.80. The summed E-state index contributed by atoms with van der Waals surface area (Å²) in [4.78, 5) is 35.1. The second-order valence-corrected chi connectivity index (χ2v) is 4.99. The summed E-state index contributed by atoms with van der Waals surface area (Å²) < 4.78 is 27.3. The first-order valence-corrected chi connectivity index (χ1v) is 7.51. The zero-order chi connectivity index (χ0) is 18.9. The molecule has 1 amide bonds. The smallest absolute Gasteiger partial charge is 0.344 e. The highest BCUT2D eigenvalue weighted by molar-refractivity contribution is 6.01. The number of anilines is 1. The van der Waals surface area contributed by atoms with Crippen LogP contribution in [0.4, 0.5) is 10.1 Å². The molecule has 0 aliphatic rings. The van der Waals surface area contributed by atoms with Crippen LogP contribution >= 0.6 is 0 Å². The third-order valence-electron chi connectivity index (χ3n) is 3.14. The number of carbonyl (C=O) groups excluding carboxylic acids is 3. The summed E-state index contributed by atoms with van der Waals surface area (Å²) in [6.07, 6.45) is 0. The molecule has 2 aromatic rings. The number of ether oxygens (including phenoxy) is 3. The molecule has 136 valence electrons. The molecule has 0 fully saturated rings. The Morgan fingerprint density at radius 3 is 2.38 bits per heavy atom. The summed E-state index contributed by atoms with van der Waals surface area (Å²) in [5, 5.41) is 2.46. The highest BCUT2D eigenvalue weighted by atomic mass is 19.1. The molecular weight excluding hydrogens is 345 g/mol. The van der Waals surface area contributed by atoms with Gasteiger partial charge in [0.1, 0.15) is 11.6 Å². The van der Waals surface area contributed by atoms with Gasteiger partial charge in [-0.15, -0.1) is 0 Å². The molecule has 0 aliphatic carbocycles. The highest BCUT2D eigenvalue weighted by Gasteiger charge is 2.14. The number of esters is 2. The molecule has 2 rings (SSSR count). The van der Waals surface area contributed by atoms with Crippen molar-refractivity contribution in [3.8, 4) is 5.75 Å². The Kier molecular flexibility index (Phi) is 6.67. The summed E-state index contributed by atoms with van der Waals surface area (Å²) in [6.45, 7) is -0.987.